The van der Waals surface area contributed by atoms with E-state index in [1.165, 1.54) is 4.31 Å². The minimum atomic E-state index is -0.165. The highest BCUT2D eigenvalue weighted by Crippen LogP contribution is 2.30. The Morgan fingerprint density at radius 3 is 2.33 bits per heavy atom. The predicted molar refractivity (Wildman–Crippen MR) is 39.1 cm³/mol. The Labute approximate surface area is 60.8 Å². The molecule has 1 saturated heterocycles. The summed E-state index contributed by atoms with van der Waals surface area (Å²) >= 11 is 3.98. The quantitative estimate of drug-likeness (QED) is 0.506. The van der Waals surface area contributed by atoms with Crippen LogP contribution in [0.2, 0.25) is 0 Å². The third kappa shape index (κ3) is 1.06. The summed E-state index contributed by atoms with van der Waals surface area (Å²) in [7, 11) is 0. The SMILES string of the molecule is CC1(C)CCN(S)C1=O. The van der Waals surface area contributed by atoms with E-state index in [0.717, 1.165) is 13.0 Å². The smallest absolute Gasteiger partial charge is 0.237 e. The topological polar surface area (TPSA) is 20.3 Å². The van der Waals surface area contributed by atoms with Crippen molar-refractivity contribution in [3.8, 4) is 0 Å². The fraction of sp³-hybridized carbons (Fsp3) is 0.833. The lowest BCUT2D eigenvalue weighted by molar-refractivity contribution is -0.130. The van der Waals surface area contributed by atoms with Crippen LogP contribution in [0.25, 0.3) is 0 Å². The number of rotatable bonds is 0. The van der Waals surface area contributed by atoms with E-state index in [2.05, 4.69) is 12.8 Å². The lowest BCUT2D eigenvalue weighted by atomic mass is 9.92. The summed E-state index contributed by atoms with van der Waals surface area (Å²) in [5.74, 6) is 0.144. The maximum atomic E-state index is 11.1. The Kier molecular flexibility index (Phi) is 1.47. The van der Waals surface area contributed by atoms with Crippen molar-refractivity contribution >= 4 is 18.7 Å². The Hall–Kier alpha value is -0.180. The lowest BCUT2D eigenvalue weighted by Crippen LogP contribution is -2.23. The van der Waals surface area contributed by atoms with Gasteiger partial charge in [-0.05, 0) is 6.42 Å². The van der Waals surface area contributed by atoms with E-state index in [1.807, 2.05) is 13.8 Å². The van der Waals surface area contributed by atoms with Crippen molar-refractivity contribution in [2.45, 2.75) is 20.3 Å². The third-order valence-corrected chi connectivity index (χ3v) is 2.14. The summed E-state index contributed by atoms with van der Waals surface area (Å²) in [5, 5.41) is 0. The first-order valence-electron chi connectivity index (χ1n) is 3.05. The largest absolute Gasteiger partial charge is 0.289 e. The fourth-order valence-electron chi connectivity index (χ4n) is 0.943. The molecule has 9 heavy (non-hydrogen) atoms. The van der Waals surface area contributed by atoms with Gasteiger partial charge in [-0.2, -0.15) is 0 Å². The third-order valence-electron chi connectivity index (χ3n) is 1.76. The molecule has 0 aromatic heterocycles. The van der Waals surface area contributed by atoms with Crippen LogP contribution >= 0.6 is 12.8 Å². The van der Waals surface area contributed by atoms with Crippen LogP contribution < -0.4 is 0 Å². The standard InChI is InChI=1S/C6H11NOS/c1-6(2)3-4-7(9)5(6)8/h9H,3-4H2,1-2H3. The number of carbonyl (C=O) groups is 1. The van der Waals surface area contributed by atoms with Gasteiger partial charge in [-0.15, -0.1) is 0 Å². The Balaban J connectivity index is 2.74. The van der Waals surface area contributed by atoms with E-state index in [1.54, 1.807) is 0 Å². The summed E-state index contributed by atoms with van der Waals surface area (Å²) < 4.78 is 1.49. The molecule has 0 aromatic rings. The first-order valence-corrected chi connectivity index (χ1v) is 3.45. The second kappa shape index (κ2) is 1.90. The highest BCUT2D eigenvalue weighted by molar-refractivity contribution is 7.78. The van der Waals surface area contributed by atoms with Crippen molar-refractivity contribution in [2.75, 3.05) is 6.54 Å². The van der Waals surface area contributed by atoms with Gasteiger partial charge >= 0.3 is 0 Å². The summed E-state index contributed by atoms with van der Waals surface area (Å²) in [6.45, 7) is 4.69. The van der Waals surface area contributed by atoms with Crippen LogP contribution in [0.5, 0.6) is 0 Å². The minimum Gasteiger partial charge on any atom is -0.289 e. The molecule has 0 aromatic carbocycles. The van der Waals surface area contributed by atoms with Gasteiger partial charge in [0.05, 0.1) is 0 Å². The molecule has 0 N–H and O–H groups in total. The number of nitrogens with zero attached hydrogens (tertiary/aromatic N) is 1. The average molecular weight is 145 g/mol. The first-order chi connectivity index (χ1) is 4.04. The van der Waals surface area contributed by atoms with Crippen molar-refractivity contribution in [1.82, 2.24) is 4.31 Å². The Bertz CT molecular complexity index is 144. The summed E-state index contributed by atoms with van der Waals surface area (Å²) in [6.07, 6.45) is 0.926. The van der Waals surface area contributed by atoms with Gasteiger partial charge in [-0.3, -0.25) is 9.10 Å². The molecule has 0 bridgehead atoms. The van der Waals surface area contributed by atoms with Crippen molar-refractivity contribution < 1.29 is 4.79 Å². The van der Waals surface area contributed by atoms with E-state index in [0.29, 0.717) is 0 Å². The van der Waals surface area contributed by atoms with Gasteiger partial charge in [0.15, 0.2) is 0 Å². The molecule has 1 rings (SSSR count). The van der Waals surface area contributed by atoms with Crippen molar-refractivity contribution in [2.24, 2.45) is 5.41 Å². The second-order valence-electron chi connectivity index (χ2n) is 3.06. The molecule has 0 atom stereocenters. The van der Waals surface area contributed by atoms with Crippen LogP contribution in [-0.4, -0.2) is 16.8 Å². The summed E-state index contributed by atoms with van der Waals surface area (Å²) in [5.41, 5.74) is -0.165. The van der Waals surface area contributed by atoms with E-state index in [-0.39, 0.29) is 11.3 Å². The zero-order chi connectivity index (χ0) is 7.07. The van der Waals surface area contributed by atoms with Crippen LogP contribution in [0.3, 0.4) is 0 Å². The zero-order valence-electron chi connectivity index (χ0n) is 5.72. The van der Waals surface area contributed by atoms with Crippen LogP contribution in [0.1, 0.15) is 20.3 Å². The molecule has 1 aliphatic heterocycles. The van der Waals surface area contributed by atoms with Crippen LogP contribution in [-0.2, 0) is 4.79 Å². The van der Waals surface area contributed by atoms with E-state index >= 15 is 0 Å². The van der Waals surface area contributed by atoms with E-state index in [9.17, 15) is 4.79 Å². The monoisotopic (exact) mass is 145 g/mol. The van der Waals surface area contributed by atoms with Gasteiger partial charge in [-0.25, -0.2) is 0 Å². The molecule has 0 radical (unpaired) electrons. The number of thiol groups is 1. The lowest BCUT2D eigenvalue weighted by Gasteiger charge is -2.13. The van der Waals surface area contributed by atoms with Gasteiger partial charge in [0, 0.05) is 12.0 Å². The molecule has 1 amide bonds. The van der Waals surface area contributed by atoms with Gasteiger partial charge < -0.3 is 0 Å². The number of hydrogen-bond donors (Lipinski definition) is 1. The molecule has 0 spiro atoms. The van der Waals surface area contributed by atoms with Crippen LogP contribution in [0.15, 0.2) is 0 Å². The molecule has 1 aliphatic rings. The van der Waals surface area contributed by atoms with Gasteiger partial charge in [0.1, 0.15) is 0 Å². The fourth-order valence-corrected chi connectivity index (χ4v) is 1.31. The molecular formula is C6H11NOS. The molecular weight excluding hydrogens is 134 g/mol. The normalized spacial score (nSPS) is 25.2. The number of amides is 1. The summed E-state index contributed by atoms with van der Waals surface area (Å²) in [6, 6.07) is 0. The van der Waals surface area contributed by atoms with Gasteiger partial charge in [0.25, 0.3) is 0 Å². The summed E-state index contributed by atoms with van der Waals surface area (Å²) in [4.78, 5) is 11.1. The average Bonchev–Trinajstić information content (AvgIpc) is 1.97. The predicted octanol–water partition coefficient (Wildman–Crippen LogP) is 1.09. The van der Waals surface area contributed by atoms with Crippen molar-refractivity contribution in [1.29, 1.82) is 0 Å². The Morgan fingerprint density at radius 2 is 2.22 bits per heavy atom. The van der Waals surface area contributed by atoms with Crippen LogP contribution in [0, 0.1) is 5.41 Å². The highest BCUT2D eigenvalue weighted by atomic mass is 32.1. The molecule has 3 heteroatoms. The Morgan fingerprint density at radius 1 is 1.67 bits per heavy atom. The molecule has 0 saturated carbocycles. The maximum absolute atomic E-state index is 11.1. The molecule has 1 heterocycles. The van der Waals surface area contributed by atoms with Crippen molar-refractivity contribution in [3.63, 3.8) is 0 Å². The van der Waals surface area contributed by atoms with Crippen LogP contribution in [0.4, 0.5) is 0 Å². The molecule has 52 valence electrons. The number of hydrogen-bond acceptors (Lipinski definition) is 2. The highest BCUT2D eigenvalue weighted by Gasteiger charge is 2.36. The van der Waals surface area contributed by atoms with Gasteiger partial charge in [-0.1, -0.05) is 26.7 Å². The van der Waals surface area contributed by atoms with Crippen molar-refractivity contribution in [3.05, 3.63) is 0 Å². The van der Waals surface area contributed by atoms with E-state index in [4.69, 9.17) is 0 Å². The first kappa shape index (κ1) is 6.93. The molecule has 2 nitrogen and oxygen atoms in total. The number of carbonyl (C=O) groups excluding carboxylic acids is 1. The second-order valence-corrected chi connectivity index (χ2v) is 3.55. The maximum Gasteiger partial charge on any atom is 0.237 e. The van der Waals surface area contributed by atoms with Gasteiger partial charge in [0.2, 0.25) is 5.91 Å². The molecule has 1 fully saturated rings. The minimum absolute atomic E-state index is 0.144. The molecule has 0 aliphatic carbocycles. The van der Waals surface area contributed by atoms with E-state index < -0.39 is 0 Å². The zero-order valence-corrected chi connectivity index (χ0v) is 6.61. The molecule has 0 unspecified atom stereocenters.